The third kappa shape index (κ3) is 4.92. The van der Waals surface area contributed by atoms with E-state index in [1.165, 1.54) is 0 Å². The molecule has 1 amide bonds. The van der Waals surface area contributed by atoms with E-state index in [1.54, 1.807) is 0 Å². The first-order valence-corrected chi connectivity index (χ1v) is 6.79. The number of carbonyl (C=O) groups excluding carboxylic acids is 1. The van der Waals surface area contributed by atoms with Gasteiger partial charge in [0.05, 0.1) is 25.4 Å². The molecule has 0 spiro atoms. The minimum absolute atomic E-state index is 0.0202. The topological polar surface area (TPSA) is 73.6 Å². The van der Waals surface area contributed by atoms with E-state index in [0.29, 0.717) is 13.2 Å². The van der Waals surface area contributed by atoms with Gasteiger partial charge in [-0.25, -0.2) is 0 Å². The normalized spacial score (nSPS) is 24.6. The van der Waals surface area contributed by atoms with Crippen LogP contribution in [-0.4, -0.2) is 43.9 Å². The molecule has 0 aromatic carbocycles. The predicted octanol–water partition coefficient (Wildman–Crippen LogP) is 0.670. The molecule has 3 N–H and O–H groups in total. The summed E-state index contributed by atoms with van der Waals surface area (Å²) in [6.07, 6.45) is 2.01. The van der Waals surface area contributed by atoms with Gasteiger partial charge in [0.15, 0.2) is 0 Å². The average Bonchev–Trinajstić information content (AvgIpc) is 2.87. The van der Waals surface area contributed by atoms with Crippen LogP contribution in [0.15, 0.2) is 0 Å². The third-order valence-corrected chi connectivity index (χ3v) is 3.42. The third-order valence-electron chi connectivity index (χ3n) is 3.42. The molecule has 0 aliphatic carbocycles. The molecule has 1 aliphatic rings. The Hall–Kier alpha value is -0.650. The Labute approximate surface area is 109 Å². The Morgan fingerprint density at radius 1 is 1.56 bits per heavy atom. The lowest BCUT2D eigenvalue weighted by Crippen LogP contribution is -2.48. The fourth-order valence-corrected chi connectivity index (χ4v) is 1.82. The van der Waals surface area contributed by atoms with Gasteiger partial charge in [-0.2, -0.15) is 0 Å². The van der Waals surface area contributed by atoms with Gasteiger partial charge in [0.25, 0.3) is 0 Å². The van der Waals surface area contributed by atoms with Gasteiger partial charge in [0.2, 0.25) is 5.91 Å². The predicted molar refractivity (Wildman–Crippen MR) is 70.2 cm³/mol. The van der Waals surface area contributed by atoms with Crippen LogP contribution >= 0.6 is 0 Å². The van der Waals surface area contributed by atoms with E-state index in [0.717, 1.165) is 19.4 Å². The molecule has 106 valence electrons. The van der Waals surface area contributed by atoms with Gasteiger partial charge in [-0.15, -0.1) is 0 Å². The Kier molecular flexibility index (Phi) is 6.60. The summed E-state index contributed by atoms with van der Waals surface area (Å²) in [5.74, 6) is 0.101. The molecule has 1 fully saturated rings. The highest BCUT2D eigenvalue weighted by Crippen LogP contribution is 2.09. The first kappa shape index (κ1) is 15.4. The minimum Gasteiger partial charge on any atom is -0.379 e. The van der Waals surface area contributed by atoms with Crippen molar-refractivity contribution >= 4 is 5.91 Å². The first-order chi connectivity index (χ1) is 8.54. The molecule has 5 nitrogen and oxygen atoms in total. The summed E-state index contributed by atoms with van der Waals surface area (Å²) in [7, 11) is 0. The highest BCUT2D eigenvalue weighted by atomic mass is 16.5. The van der Waals surface area contributed by atoms with Crippen LogP contribution in [0.4, 0.5) is 0 Å². The Balaban J connectivity index is 2.21. The van der Waals surface area contributed by atoms with Crippen molar-refractivity contribution in [3.63, 3.8) is 0 Å². The number of nitrogens with one attached hydrogen (secondary N) is 1. The second kappa shape index (κ2) is 7.71. The van der Waals surface area contributed by atoms with Crippen molar-refractivity contribution in [1.29, 1.82) is 0 Å². The molecule has 5 heteroatoms. The van der Waals surface area contributed by atoms with Crippen molar-refractivity contribution in [1.82, 2.24) is 5.32 Å². The monoisotopic (exact) mass is 258 g/mol. The summed E-state index contributed by atoms with van der Waals surface area (Å²) in [5, 5.41) is 2.89. The summed E-state index contributed by atoms with van der Waals surface area (Å²) >= 11 is 0. The number of nitrogens with two attached hydrogens (primary N) is 1. The lowest BCUT2D eigenvalue weighted by molar-refractivity contribution is -0.124. The lowest BCUT2D eigenvalue weighted by Gasteiger charge is -2.22. The van der Waals surface area contributed by atoms with Gasteiger partial charge in [-0.05, 0) is 19.3 Å². The van der Waals surface area contributed by atoms with Crippen LogP contribution in [0.1, 0.15) is 33.6 Å². The molecular weight excluding hydrogens is 232 g/mol. The van der Waals surface area contributed by atoms with Crippen LogP contribution in [0, 0.1) is 5.92 Å². The summed E-state index contributed by atoms with van der Waals surface area (Å²) in [4.78, 5) is 11.8. The molecule has 1 heterocycles. The molecule has 4 unspecified atom stereocenters. The molecule has 1 saturated heterocycles. The van der Waals surface area contributed by atoms with Crippen LogP contribution in [-0.2, 0) is 14.3 Å². The second-order valence-electron chi connectivity index (χ2n) is 5.14. The van der Waals surface area contributed by atoms with E-state index in [-0.39, 0.29) is 24.0 Å². The second-order valence-corrected chi connectivity index (χ2v) is 5.14. The molecule has 0 aromatic rings. The number of hydrogen-bond donors (Lipinski definition) is 2. The molecule has 1 rings (SSSR count). The summed E-state index contributed by atoms with van der Waals surface area (Å²) in [6.45, 7) is 7.88. The highest BCUT2D eigenvalue weighted by Gasteiger charge is 2.22. The van der Waals surface area contributed by atoms with Crippen LogP contribution in [0.25, 0.3) is 0 Å². The van der Waals surface area contributed by atoms with Crippen molar-refractivity contribution in [2.45, 2.75) is 51.8 Å². The molecular formula is C13H26N2O3. The zero-order valence-electron chi connectivity index (χ0n) is 11.6. The number of carbonyl (C=O) groups is 1. The Morgan fingerprint density at radius 3 is 2.83 bits per heavy atom. The fraction of sp³-hybridized carbons (Fsp3) is 0.923. The van der Waals surface area contributed by atoms with Crippen molar-refractivity contribution in [2.75, 3.05) is 19.8 Å². The van der Waals surface area contributed by atoms with Gasteiger partial charge in [0.1, 0.15) is 0 Å². The van der Waals surface area contributed by atoms with Crippen LogP contribution < -0.4 is 11.1 Å². The van der Waals surface area contributed by atoms with Gasteiger partial charge < -0.3 is 20.5 Å². The smallest absolute Gasteiger partial charge is 0.237 e. The maximum Gasteiger partial charge on any atom is 0.237 e. The van der Waals surface area contributed by atoms with Gasteiger partial charge in [0, 0.05) is 12.6 Å². The highest BCUT2D eigenvalue weighted by molar-refractivity contribution is 5.82. The van der Waals surface area contributed by atoms with Crippen LogP contribution in [0.2, 0.25) is 0 Å². The zero-order valence-corrected chi connectivity index (χ0v) is 11.6. The molecule has 4 atom stereocenters. The molecule has 0 bridgehead atoms. The summed E-state index contributed by atoms with van der Waals surface area (Å²) in [5.41, 5.74) is 5.86. The number of hydrogen-bond acceptors (Lipinski definition) is 4. The Morgan fingerprint density at radius 2 is 2.28 bits per heavy atom. The van der Waals surface area contributed by atoms with Gasteiger partial charge in [-0.3, -0.25) is 4.79 Å². The quantitative estimate of drug-likeness (QED) is 0.704. The first-order valence-electron chi connectivity index (χ1n) is 6.79. The van der Waals surface area contributed by atoms with Crippen LogP contribution in [0.5, 0.6) is 0 Å². The van der Waals surface area contributed by atoms with Crippen molar-refractivity contribution in [3.05, 3.63) is 0 Å². The number of rotatable bonds is 7. The largest absolute Gasteiger partial charge is 0.379 e. The van der Waals surface area contributed by atoms with E-state index in [1.807, 2.05) is 20.8 Å². The molecule has 0 aromatic heterocycles. The van der Waals surface area contributed by atoms with Crippen molar-refractivity contribution < 1.29 is 14.3 Å². The average molecular weight is 258 g/mol. The van der Waals surface area contributed by atoms with Crippen LogP contribution in [0.3, 0.4) is 0 Å². The van der Waals surface area contributed by atoms with E-state index in [2.05, 4.69) is 5.32 Å². The van der Waals surface area contributed by atoms with E-state index in [9.17, 15) is 4.79 Å². The maximum atomic E-state index is 11.8. The molecule has 1 aliphatic heterocycles. The van der Waals surface area contributed by atoms with Crippen molar-refractivity contribution in [3.8, 4) is 0 Å². The Bertz CT molecular complexity index is 255. The van der Waals surface area contributed by atoms with E-state index < -0.39 is 6.04 Å². The van der Waals surface area contributed by atoms with Crippen molar-refractivity contribution in [2.24, 2.45) is 11.7 Å². The minimum atomic E-state index is -0.438. The molecule has 0 saturated carbocycles. The standard InChI is InChI=1S/C13H26N2O3/c1-4-9(2)12(14)13(16)15-10(3)7-18-11-5-6-17-8-11/h9-12H,4-8,14H2,1-3H3,(H,15,16). The summed E-state index contributed by atoms with van der Waals surface area (Å²) < 4.78 is 10.9. The zero-order chi connectivity index (χ0) is 13.5. The van der Waals surface area contributed by atoms with Gasteiger partial charge >= 0.3 is 0 Å². The van der Waals surface area contributed by atoms with E-state index in [4.69, 9.17) is 15.2 Å². The maximum absolute atomic E-state index is 11.8. The van der Waals surface area contributed by atoms with Gasteiger partial charge in [-0.1, -0.05) is 20.3 Å². The number of ether oxygens (including phenoxy) is 2. The summed E-state index contributed by atoms with van der Waals surface area (Å²) in [6, 6.07) is -0.458. The van der Waals surface area contributed by atoms with E-state index >= 15 is 0 Å². The number of amides is 1. The lowest BCUT2D eigenvalue weighted by atomic mass is 9.99. The fourth-order valence-electron chi connectivity index (χ4n) is 1.82. The SMILES string of the molecule is CCC(C)C(N)C(=O)NC(C)COC1CCOC1. The molecule has 0 radical (unpaired) electrons. The molecule has 18 heavy (non-hydrogen) atoms.